The van der Waals surface area contributed by atoms with Crippen LogP contribution >= 0.6 is 0 Å². The summed E-state index contributed by atoms with van der Waals surface area (Å²) in [6.45, 7) is 2.39. The Labute approximate surface area is 220 Å². The van der Waals surface area contributed by atoms with Gasteiger partial charge in [-0.1, -0.05) is 12.8 Å². The number of pyridine rings is 1. The Morgan fingerprint density at radius 2 is 2.03 bits per heavy atom. The number of carbonyl (C=O) groups is 3. The van der Waals surface area contributed by atoms with Crippen LogP contribution in [-0.4, -0.2) is 64.2 Å². The van der Waals surface area contributed by atoms with E-state index in [4.69, 9.17) is 0 Å². The molecule has 9 nitrogen and oxygen atoms in total. The standard InChI is InChI=1S/C27H34F2N6O3/c1-15-8-19(14-31-13-15)33-22(9-16-2-3-16)26(38)35-20-4-5-21(27(28,29)11-20)23(35)25(37)34-18(12-30)10-17-6-7-32-24(17)36/h8,13-14,16-18,20-23,33H,2-7,9-11H2,1H3,(H,32,36)(H,34,37)/t17-,18-,20-,21-,22+,23-/m1/s1. The number of nitrogens with one attached hydrogen (secondary N) is 3. The third-order valence-electron chi connectivity index (χ3n) is 8.39. The third-order valence-corrected chi connectivity index (χ3v) is 8.39. The van der Waals surface area contributed by atoms with E-state index in [1.165, 1.54) is 4.90 Å². The van der Waals surface area contributed by atoms with Crippen LogP contribution in [0.4, 0.5) is 14.5 Å². The van der Waals surface area contributed by atoms with Gasteiger partial charge < -0.3 is 20.9 Å². The lowest BCUT2D eigenvalue weighted by Crippen LogP contribution is -2.70. The molecule has 2 saturated carbocycles. The molecule has 0 spiro atoms. The highest BCUT2D eigenvalue weighted by Crippen LogP contribution is 2.49. The van der Waals surface area contributed by atoms with Crippen molar-refractivity contribution in [1.82, 2.24) is 20.5 Å². The molecule has 0 aromatic carbocycles. The molecule has 3 amide bonds. The van der Waals surface area contributed by atoms with Gasteiger partial charge in [-0.2, -0.15) is 5.26 Å². The predicted octanol–water partition coefficient (Wildman–Crippen LogP) is 2.52. The molecule has 5 aliphatic rings. The molecule has 6 atom stereocenters. The number of aromatic nitrogens is 1. The largest absolute Gasteiger partial charge is 0.372 e. The summed E-state index contributed by atoms with van der Waals surface area (Å²) in [4.78, 5) is 45.1. The number of aryl methyl sites for hydroxylation is 1. The van der Waals surface area contributed by atoms with Crippen LogP contribution in [0, 0.1) is 36.0 Å². The molecule has 1 aromatic heterocycles. The van der Waals surface area contributed by atoms with Gasteiger partial charge in [-0.15, -0.1) is 0 Å². The SMILES string of the molecule is Cc1cncc(N[C@@H](CC2CC2)C(=O)N2[C@@H]3CC[C@H]([C@@H]2C(=O)N[C@@H](C#N)C[C@H]2CCNC2=O)C(F)(F)C3)c1. The summed E-state index contributed by atoms with van der Waals surface area (Å²) < 4.78 is 30.2. The molecule has 4 heterocycles. The summed E-state index contributed by atoms with van der Waals surface area (Å²) in [7, 11) is 0. The fourth-order valence-electron chi connectivity index (χ4n) is 6.30. The fourth-order valence-corrected chi connectivity index (χ4v) is 6.30. The number of nitrogens with zero attached hydrogens (tertiary/aromatic N) is 3. The molecule has 0 unspecified atom stereocenters. The average molecular weight is 529 g/mol. The minimum atomic E-state index is -3.09. The van der Waals surface area contributed by atoms with Crippen LogP contribution in [0.3, 0.4) is 0 Å². The Morgan fingerprint density at radius 1 is 1.24 bits per heavy atom. The molecule has 3 saturated heterocycles. The summed E-state index contributed by atoms with van der Waals surface area (Å²) >= 11 is 0. The van der Waals surface area contributed by atoms with Gasteiger partial charge in [0.2, 0.25) is 17.7 Å². The van der Waals surface area contributed by atoms with Crippen molar-refractivity contribution in [3.8, 4) is 6.07 Å². The lowest BCUT2D eigenvalue weighted by molar-refractivity contribution is -0.194. The molecule has 204 valence electrons. The monoisotopic (exact) mass is 528 g/mol. The lowest BCUT2D eigenvalue weighted by Gasteiger charge is -2.54. The molecule has 3 N–H and O–H groups in total. The second-order valence-electron chi connectivity index (χ2n) is 11.3. The predicted molar refractivity (Wildman–Crippen MR) is 134 cm³/mol. The van der Waals surface area contributed by atoms with Crippen molar-refractivity contribution >= 4 is 23.4 Å². The quantitative estimate of drug-likeness (QED) is 0.452. The number of alkyl halides is 2. The van der Waals surface area contributed by atoms with Crippen LogP contribution in [0.2, 0.25) is 0 Å². The lowest BCUT2D eigenvalue weighted by atomic mass is 9.71. The summed E-state index contributed by atoms with van der Waals surface area (Å²) in [6.07, 6.45) is 6.59. The van der Waals surface area contributed by atoms with Gasteiger partial charge in [0.1, 0.15) is 18.1 Å². The number of carbonyl (C=O) groups excluding carboxylic acids is 3. The Balaban J connectivity index is 1.38. The van der Waals surface area contributed by atoms with Crippen LogP contribution in [0.1, 0.15) is 56.9 Å². The zero-order valence-electron chi connectivity index (χ0n) is 21.5. The number of rotatable bonds is 9. The van der Waals surface area contributed by atoms with E-state index in [2.05, 4.69) is 20.9 Å². The van der Waals surface area contributed by atoms with Crippen molar-refractivity contribution in [2.75, 3.05) is 11.9 Å². The minimum absolute atomic E-state index is 0.103. The van der Waals surface area contributed by atoms with Crippen LogP contribution in [0.5, 0.6) is 0 Å². The highest BCUT2D eigenvalue weighted by molar-refractivity contribution is 5.92. The second kappa shape index (κ2) is 10.5. The number of amides is 3. The first-order valence-electron chi connectivity index (χ1n) is 13.5. The van der Waals surface area contributed by atoms with E-state index >= 15 is 8.78 Å². The first kappa shape index (κ1) is 26.3. The summed E-state index contributed by atoms with van der Waals surface area (Å²) in [5.74, 6) is -5.77. The molecule has 2 aliphatic carbocycles. The number of nitriles is 1. The van der Waals surface area contributed by atoms with Crippen molar-refractivity contribution < 1.29 is 23.2 Å². The highest BCUT2D eigenvalue weighted by Gasteiger charge is 2.61. The topological polar surface area (TPSA) is 127 Å². The van der Waals surface area contributed by atoms with Crippen molar-refractivity contribution in [3.63, 3.8) is 0 Å². The zero-order chi connectivity index (χ0) is 27.0. The van der Waals surface area contributed by atoms with E-state index in [9.17, 15) is 19.6 Å². The number of anilines is 1. The number of hydrogen-bond donors (Lipinski definition) is 3. The fraction of sp³-hybridized carbons (Fsp3) is 0.667. The van der Waals surface area contributed by atoms with Crippen molar-refractivity contribution in [3.05, 3.63) is 24.0 Å². The maximum Gasteiger partial charge on any atom is 0.255 e. The molecule has 5 fully saturated rings. The van der Waals surface area contributed by atoms with Crippen LogP contribution in [-0.2, 0) is 14.4 Å². The van der Waals surface area contributed by atoms with Crippen LogP contribution in [0.25, 0.3) is 0 Å². The van der Waals surface area contributed by atoms with E-state index < -0.39 is 54.3 Å². The summed E-state index contributed by atoms with van der Waals surface area (Å²) in [6, 6.07) is 0.0408. The second-order valence-corrected chi connectivity index (χ2v) is 11.3. The van der Waals surface area contributed by atoms with E-state index in [1.807, 2.05) is 19.1 Å². The van der Waals surface area contributed by atoms with Gasteiger partial charge in [0, 0.05) is 37.3 Å². The van der Waals surface area contributed by atoms with Crippen molar-refractivity contribution in [2.45, 2.75) is 88.4 Å². The summed E-state index contributed by atoms with van der Waals surface area (Å²) in [5, 5.41) is 18.2. The minimum Gasteiger partial charge on any atom is -0.372 e. The maximum atomic E-state index is 15.1. The van der Waals surface area contributed by atoms with Gasteiger partial charge in [-0.3, -0.25) is 19.4 Å². The zero-order valence-corrected chi connectivity index (χ0v) is 21.5. The molecule has 38 heavy (non-hydrogen) atoms. The number of halogens is 2. The van der Waals surface area contributed by atoms with Gasteiger partial charge in [-0.05, 0) is 56.6 Å². The normalized spacial score (nSPS) is 29.2. The van der Waals surface area contributed by atoms with E-state index in [-0.39, 0.29) is 24.7 Å². The van der Waals surface area contributed by atoms with Crippen LogP contribution < -0.4 is 16.0 Å². The smallest absolute Gasteiger partial charge is 0.255 e. The Kier molecular flexibility index (Phi) is 7.25. The third kappa shape index (κ3) is 5.45. The van der Waals surface area contributed by atoms with Crippen molar-refractivity contribution in [1.29, 1.82) is 5.26 Å². The first-order valence-corrected chi connectivity index (χ1v) is 13.5. The summed E-state index contributed by atoms with van der Waals surface area (Å²) in [5.41, 5.74) is 1.58. The molecular weight excluding hydrogens is 494 g/mol. The van der Waals surface area contributed by atoms with Crippen LogP contribution in [0.15, 0.2) is 18.5 Å². The average Bonchev–Trinajstić information content (AvgIpc) is 3.61. The van der Waals surface area contributed by atoms with Gasteiger partial charge in [-0.25, -0.2) is 8.78 Å². The molecule has 2 bridgehead atoms. The molecule has 11 heteroatoms. The molecule has 1 aromatic rings. The van der Waals surface area contributed by atoms with Crippen molar-refractivity contribution in [2.24, 2.45) is 17.8 Å². The number of fused-ring (bicyclic) bond motifs is 3. The number of hydrogen-bond acceptors (Lipinski definition) is 6. The first-order chi connectivity index (χ1) is 18.2. The molecular formula is C27H34F2N6O3. The Hall–Kier alpha value is -3.29. The van der Waals surface area contributed by atoms with Gasteiger partial charge >= 0.3 is 0 Å². The number of piperidine rings is 2. The van der Waals surface area contributed by atoms with E-state index in [1.54, 1.807) is 12.4 Å². The van der Waals surface area contributed by atoms with Gasteiger partial charge in [0.25, 0.3) is 5.92 Å². The Bertz CT molecular complexity index is 1140. The molecule has 0 radical (unpaired) electrons. The van der Waals surface area contributed by atoms with Gasteiger partial charge in [0.15, 0.2) is 0 Å². The highest BCUT2D eigenvalue weighted by atomic mass is 19.3. The van der Waals surface area contributed by atoms with E-state index in [0.717, 1.165) is 18.4 Å². The Morgan fingerprint density at radius 3 is 2.66 bits per heavy atom. The van der Waals surface area contributed by atoms with Gasteiger partial charge in [0.05, 0.1) is 17.7 Å². The maximum absolute atomic E-state index is 15.1. The van der Waals surface area contributed by atoms with E-state index in [0.29, 0.717) is 37.4 Å². The molecule has 3 aliphatic heterocycles. The molecule has 6 rings (SSSR count).